The van der Waals surface area contributed by atoms with E-state index in [1.807, 2.05) is 6.07 Å². The van der Waals surface area contributed by atoms with Crippen molar-refractivity contribution in [3.8, 4) is 6.07 Å². The minimum Gasteiger partial charge on any atom is -0.478 e. The first-order valence-electron chi connectivity index (χ1n) is 5.65. The predicted molar refractivity (Wildman–Crippen MR) is 73.2 cm³/mol. The number of rotatable bonds is 4. The lowest BCUT2D eigenvalue weighted by Crippen LogP contribution is -2.14. The molecule has 0 saturated carbocycles. The summed E-state index contributed by atoms with van der Waals surface area (Å²) >= 11 is 0. The number of aromatic carboxylic acids is 1. The molecule has 0 saturated heterocycles. The predicted octanol–water partition coefficient (Wildman–Crippen LogP) is 1.45. The SMILES string of the molecule is N#Cc1ccc(S(=O)(=O)Nc2ccc(C(=O)O)cn2)cc1. The molecule has 2 N–H and O–H groups in total. The molecule has 1 heterocycles. The summed E-state index contributed by atoms with van der Waals surface area (Å²) < 4.78 is 26.4. The van der Waals surface area contributed by atoms with E-state index in [2.05, 4.69) is 9.71 Å². The minimum absolute atomic E-state index is 0.00404. The zero-order valence-corrected chi connectivity index (χ0v) is 11.3. The van der Waals surface area contributed by atoms with Crippen molar-refractivity contribution in [3.05, 3.63) is 53.7 Å². The van der Waals surface area contributed by atoms with E-state index in [0.717, 1.165) is 6.20 Å². The van der Waals surface area contributed by atoms with Gasteiger partial charge >= 0.3 is 5.97 Å². The third kappa shape index (κ3) is 3.34. The fourth-order valence-corrected chi connectivity index (χ4v) is 2.49. The van der Waals surface area contributed by atoms with Gasteiger partial charge in [0.25, 0.3) is 10.0 Å². The van der Waals surface area contributed by atoms with Crippen LogP contribution in [0.2, 0.25) is 0 Å². The average Bonchev–Trinajstić information content (AvgIpc) is 2.47. The smallest absolute Gasteiger partial charge is 0.337 e. The number of nitriles is 1. The van der Waals surface area contributed by atoms with Gasteiger partial charge in [-0.25, -0.2) is 18.2 Å². The van der Waals surface area contributed by atoms with Crippen LogP contribution in [0.5, 0.6) is 0 Å². The number of nitrogens with one attached hydrogen (secondary N) is 1. The van der Waals surface area contributed by atoms with Gasteiger partial charge in [0.15, 0.2) is 0 Å². The van der Waals surface area contributed by atoms with Gasteiger partial charge in [-0.1, -0.05) is 0 Å². The molecule has 0 amide bonds. The fraction of sp³-hybridized carbons (Fsp3) is 0. The van der Waals surface area contributed by atoms with Crippen LogP contribution in [0.25, 0.3) is 0 Å². The molecule has 1 aromatic heterocycles. The molecule has 8 heteroatoms. The van der Waals surface area contributed by atoms with Gasteiger partial charge in [-0.05, 0) is 36.4 Å². The van der Waals surface area contributed by atoms with Gasteiger partial charge in [0.2, 0.25) is 0 Å². The van der Waals surface area contributed by atoms with E-state index in [-0.39, 0.29) is 16.3 Å². The maximum atomic E-state index is 12.1. The van der Waals surface area contributed by atoms with Gasteiger partial charge in [-0.15, -0.1) is 0 Å². The molecule has 2 rings (SSSR count). The Bertz CT molecular complexity index is 806. The van der Waals surface area contributed by atoms with Gasteiger partial charge in [-0.2, -0.15) is 5.26 Å². The summed E-state index contributed by atoms with van der Waals surface area (Å²) in [5, 5.41) is 17.4. The van der Waals surface area contributed by atoms with Gasteiger partial charge < -0.3 is 5.11 Å². The largest absolute Gasteiger partial charge is 0.478 e. The summed E-state index contributed by atoms with van der Waals surface area (Å²) in [7, 11) is -3.84. The van der Waals surface area contributed by atoms with Crippen LogP contribution in [0, 0.1) is 11.3 Å². The van der Waals surface area contributed by atoms with Gasteiger partial charge in [0, 0.05) is 6.20 Å². The molecular weight excluding hydrogens is 294 g/mol. The van der Waals surface area contributed by atoms with E-state index in [4.69, 9.17) is 10.4 Å². The minimum atomic E-state index is -3.84. The van der Waals surface area contributed by atoms with E-state index in [1.165, 1.54) is 36.4 Å². The standard InChI is InChI=1S/C13H9N3O4S/c14-7-9-1-4-11(5-2-9)21(19,20)16-12-6-3-10(8-15-12)13(17)18/h1-6,8H,(H,15,16)(H,17,18). The second-order valence-corrected chi connectivity index (χ2v) is 5.66. The highest BCUT2D eigenvalue weighted by Gasteiger charge is 2.15. The van der Waals surface area contributed by atoms with E-state index in [0.29, 0.717) is 5.56 Å². The zero-order chi connectivity index (χ0) is 15.5. The summed E-state index contributed by atoms with van der Waals surface area (Å²) in [5.41, 5.74) is 0.300. The lowest BCUT2D eigenvalue weighted by atomic mass is 10.2. The Labute approximate surface area is 120 Å². The van der Waals surface area contributed by atoms with E-state index >= 15 is 0 Å². The van der Waals surface area contributed by atoms with Crippen molar-refractivity contribution in [2.24, 2.45) is 0 Å². The number of hydrogen-bond donors (Lipinski definition) is 2. The molecule has 0 spiro atoms. The Morgan fingerprint density at radius 1 is 1.19 bits per heavy atom. The number of benzene rings is 1. The van der Waals surface area contributed by atoms with Crippen LogP contribution in [0.3, 0.4) is 0 Å². The number of carboxylic acid groups (broad SMARTS) is 1. The van der Waals surface area contributed by atoms with Crippen LogP contribution >= 0.6 is 0 Å². The van der Waals surface area contributed by atoms with Crippen LogP contribution in [0.1, 0.15) is 15.9 Å². The van der Waals surface area contributed by atoms with Crippen molar-refractivity contribution < 1.29 is 18.3 Å². The monoisotopic (exact) mass is 303 g/mol. The summed E-state index contributed by atoms with van der Waals surface area (Å²) in [6.07, 6.45) is 1.05. The molecule has 21 heavy (non-hydrogen) atoms. The van der Waals surface area contributed by atoms with E-state index < -0.39 is 16.0 Å². The fourth-order valence-electron chi connectivity index (χ4n) is 1.49. The topological polar surface area (TPSA) is 120 Å². The average molecular weight is 303 g/mol. The highest BCUT2D eigenvalue weighted by Crippen LogP contribution is 2.15. The molecule has 0 radical (unpaired) electrons. The molecule has 2 aromatic rings. The molecule has 0 aliphatic heterocycles. The van der Waals surface area contributed by atoms with Crippen molar-refractivity contribution in [1.29, 1.82) is 5.26 Å². The van der Waals surface area contributed by atoms with E-state index in [9.17, 15) is 13.2 Å². The molecule has 0 unspecified atom stereocenters. The number of sulfonamides is 1. The first-order valence-corrected chi connectivity index (χ1v) is 7.13. The highest BCUT2D eigenvalue weighted by atomic mass is 32.2. The zero-order valence-electron chi connectivity index (χ0n) is 10.5. The Balaban J connectivity index is 2.24. The number of aromatic nitrogens is 1. The molecule has 7 nitrogen and oxygen atoms in total. The molecule has 0 fully saturated rings. The van der Waals surface area contributed by atoms with E-state index in [1.54, 1.807) is 0 Å². The number of carbonyl (C=O) groups is 1. The summed E-state index contributed by atoms with van der Waals surface area (Å²) in [6.45, 7) is 0. The molecule has 0 aliphatic rings. The Hall–Kier alpha value is -2.92. The van der Waals surface area contributed by atoms with Crippen LogP contribution in [-0.2, 0) is 10.0 Å². The summed E-state index contributed by atoms with van der Waals surface area (Å²) in [6, 6.07) is 9.75. The maximum Gasteiger partial charge on any atom is 0.337 e. The Morgan fingerprint density at radius 2 is 1.86 bits per heavy atom. The number of pyridine rings is 1. The molecule has 106 valence electrons. The van der Waals surface area contributed by atoms with Crippen LogP contribution in [0.15, 0.2) is 47.5 Å². The third-order valence-electron chi connectivity index (χ3n) is 2.54. The Kier molecular flexibility index (Phi) is 3.86. The van der Waals surface area contributed by atoms with Crippen molar-refractivity contribution in [2.45, 2.75) is 4.90 Å². The van der Waals surface area contributed by atoms with Crippen LogP contribution in [0.4, 0.5) is 5.82 Å². The second-order valence-electron chi connectivity index (χ2n) is 3.98. The quantitative estimate of drug-likeness (QED) is 0.882. The maximum absolute atomic E-state index is 12.1. The molecule has 1 aromatic carbocycles. The first kappa shape index (κ1) is 14.5. The van der Waals surface area contributed by atoms with Crippen LogP contribution in [-0.4, -0.2) is 24.5 Å². The number of nitrogens with zero attached hydrogens (tertiary/aromatic N) is 2. The van der Waals surface area contributed by atoms with Crippen molar-refractivity contribution >= 4 is 21.8 Å². The number of hydrogen-bond acceptors (Lipinski definition) is 5. The molecule has 0 bridgehead atoms. The lowest BCUT2D eigenvalue weighted by molar-refractivity contribution is 0.0696. The third-order valence-corrected chi connectivity index (χ3v) is 3.91. The molecule has 0 aliphatic carbocycles. The summed E-state index contributed by atoms with van der Waals surface area (Å²) in [5.74, 6) is -1.15. The van der Waals surface area contributed by atoms with Gasteiger partial charge in [0.1, 0.15) is 5.82 Å². The lowest BCUT2D eigenvalue weighted by Gasteiger charge is -2.07. The van der Waals surface area contributed by atoms with Crippen molar-refractivity contribution in [3.63, 3.8) is 0 Å². The first-order chi connectivity index (χ1) is 9.92. The van der Waals surface area contributed by atoms with Crippen molar-refractivity contribution in [1.82, 2.24) is 4.98 Å². The Morgan fingerprint density at radius 3 is 2.33 bits per heavy atom. The highest BCUT2D eigenvalue weighted by molar-refractivity contribution is 7.92. The second kappa shape index (κ2) is 5.60. The molecule has 0 atom stereocenters. The van der Waals surface area contributed by atoms with Crippen molar-refractivity contribution in [2.75, 3.05) is 4.72 Å². The van der Waals surface area contributed by atoms with Gasteiger partial charge in [-0.3, -0.25) is 4.72 Å². The van der Waals surface area contributed by atoms with Crippen LogP contribution < -0.4 is 4.72 Å². The normalized spacial score (nSPS) is 10.6. The number of carboxylic acids is 1. The van der Waals surface area contributed by atoms with Gasteiger partial charge in [0.05, 0.1) is 22.1 Å². The number of anilines is 1. The summed E-state index contributed by atoms with van der Waals surface area (Å²) in [4.78, 5) is 14.4. The molecular formula is C13H9N3O4S.